The van der Waals surface area contributed by atoms with Crippen LogP contribution in [0, 0.1) is 0 Å². The fourth-order valence-electron chi connectivity index (χ4n) is 4.07. The van der Waals surface area contributed by atoms with E-state index in [-0.39, 0.29) is 6.04 Å². The molecule has 7 nitrogen and oxygen atoms in total. The van der Waals surface area contributed by atoms with Crippen molar-refractivity contribution in [1.29, 1.82) is 0 Å². The highest BCUT2D eigenvalue weighted by atomic mass is 28.3. The van der Waals surface area contributed by atoms with Gasteiger partial charge < -0.3 is 15.2 Å². The van der Waals surface area contributed by atoms with E-state index < -0.39 is 8.80 Å². The molecule has 8 heteroatoms. The topological polar surface area (TPSA) is 80.5 Å². The second-order valence-electron chi connectivity index (χ2n) is 9.46. The van der Waals surface area contributed by atoms with Gasteiger partial charge in [-0.25, -0.2) is 4.98 Å². The summed E-state index contributed by atoms with van der Waals surface area (Å²) in [6, 6.07) is 16.3. The molecule has 178 valence electrons. The number of nitrogens with zero attached hydrogens (tertiary/aromatic N) is 5. The van der Waals surface area contributed by atoms with Crippen LogP contribution in [0.4, 0.5) is 11.8 Å². The number of aromatic nitrogens is 5. The fourth-order valence-corrected chi connectivity index (χ4v) is 5.66. The van der Waals surface area contributed by atoms with Crippen molar-refractivity contribution in [3.8, 4) is 11.3 Å². The maximum atomic E-state index is 4.86. The second kappa shape index (κ2) is 10.8. The molecule has 0 radical (unpaired) electrons. The molecule has 34 heavy (non-hydrogen) atoms. The minimum absolute atomic E-state index is 0.268. The third-order valence-corrected chi connectivity index (χ3v) is 7.45. The number of pyridine rings is 1. The van der Waals surface area contributed by atoms with Crippen LogP contribution in [0.15, 0.2) is 55.0 Å². The molecule has 3 aromatic heterocycles. The number of anilines is 2. The molecule has 0 fully saturated rings. The highest BCUT2D eigenvalue weighted by Crippen LogP contribution is 2.25. The van der Waals surface area contributed by atoms with Gasteiger partial charge in [-0.3, -0.25) is 4.98 Å². The van der Waals surface area contributed by atoms with E-state index in [0.717, 1.165) is 34.7 Å². The lowest BCUT2D eigenvalue weighted by atomic mass is 10.1. The molecule has 0 unspecified atom stereocenters. The lowest BCUT2D eigenvalue weighted by molar-refractivity contribution is 0.612. The predicted octanol–water partition coefficient (Wildman–Crippen LogP) is 5.76. The summed E-state index contributed by atoms with van der Waals surface area (Å²) in [5, 5.41) is 7.11. The summed E-state index contributed by atoms with van der Waals surface area (Å²) in [6.07, 6.45) is 4.74. The van der Waals surface area contributed by atoms with Crippen LogP contribution < -0.4 is 10.6 Å². The number of benzene rings is 1. The zero-order valence-electron chi connectivity index (χ0n) is 20.8. The molecule has 0 saturated heterocycles. The summed E-state index contributed by atoms with van der Waals surface area (Å²) >= 11 is 0. The summed E-state index contributed by atoms with van der Waals surface area (Å²) in [6.45, 7) is 11.9. The van der Waals surface area contributed by atoms with E-state index in [9.17, 15) is 0 Å². The van der Waals surface area contributed by atoms with Crippen LogP contribution in [0.1, 0.15) is 38.8 Å². The molecular weight excluding hydrogens is 438 g/mol. The van der Waals surface area contributed by atoms with Crippen LogP contribution in [0.2, 0.25) is 19.1 Å². The van der Waals surface area contributed by atoms with Crippen LogP contribution in [-0.4, -0.2) is 39.3 Å². The van der Waals surface area contributed by atoms with Crippen LogP contribution in [0.5, 0.6) is 0 Å². The van der Waals surface area contributed by atoms with Gasteiger partial charge in [-0.05, 0) is 44.0 Å². The fraction of sp³-hybridized carbons (Fsp3) is 0.385. The van der Waals surface area contributed by atoms with Crippen LogP contribution in [-0.2, 0) is 6.54 Å². The molecule has 0 saturated carbocycles. The number of fused-ring (bicyclic) bond motifs is 1. The van der Waals surface area contributed by atoms with E-state index in [0.29, 0.717) is 18.5 Å². The van der Waals surface area contributed by atoms with Crippen LogP contribution in [0.25, 0.3) is 22.4 Å². The summed E-state index contributed by atoms with van der Waals surface area (Å²) in [4.78, 5) is 18.8. The molecule has 3 heterocycles. The van der Waals surface area contributed by atoms with Crippen molar-refractivity contribution >= 4 is 31.7 Å². The van der Waals surface area contributed by atoms with Gasteiger partial charge >= 0.3 is 0 Å². The number of nitrogens with one attached hydrogen (secondary N) is 2. The maximum absolute atomic E-state index is 4.86. The Morgan fingerprint density at radius 1 is 1.00 bits per heavy atom. The second-order valence-corrected chi connectivity index (χ2v) is 12.7. The van der Waals surface area contributed by atoms with Crippen molar-refractivity contribution in [2.24, 2.45) is 0 Å². The number of hydrogen-bond acceptors (Lipinski definition) is 6. The first-order chi connectivity index (χ1) is 16.4. The summed E-state index contributed by atoms with van der Waals surface area (Å²) in [5.74, 6) is 1.43. The molecule has 0 amide bonds. The molecule has 4 rings (SSSR count). The minimum Gasteiger partial charge on any atom is -0.364 e. The first kappa shape index (κ1) is 23.9. The molecule has 0 bridgehead atoms. The monoisotopic (exact) mass is 473 g/mol. The Morgan fingerprint density at radius 3 is 2.44 bits per heavy atom. The normalized spacial score (nSPS) is 12.4. The van der Waals surface area contributed by atoms with Crippen molar-refractivity contribution in [3.05, 3.63) is 60.6 Å². The van der Waals surface area contributed by atoms with E-state index in [1.54, 1.807) is 0 Å². The van der Waals surface area contributed by atoms with E-state index in [1.165, 1.54) is 11.6 Å². The van der Waals surface area contributed by atoms with Gasteiger partial charge in [0.05, 0.1) is 12.0 Å². The predicted molar refractivity (Wildman–Crippen MR) is 144 cm³/mol. The third-order valence-electron chi connectivity index (χ3n) is 5.93. The molecule has 1 aromatic carbocycles. The summed E-state index contributed by atoms with van der Waals surface area (Å²) < 4.78 is 2.10. The molecule has 0 spiro atoms. The zero-order chi connectivity index (χ0) is 24.1. The number of hydrogen-bond donors (Lipinski definition) is 2. The Hall–Kier alpha value is -3.26. The van der Waals surface area contributed by atoms with Gasteiger partial charge in [-0.15, -0.1) is 0 Å². The molecule has 0 aliphatic heterocycles. The molecule has 0 aliphatic carbocycles. The van der Waals surface area contributed by atoms with Gasteiger partial charge in [-0.1, -0.05) is 50.3 Å². The van der Waals surface area contributed by atoms with E-state index in [4.69, 9.17) is 9.97 Å². The molecule has 2 N–H and O–H groups in total. The first-order valence-electron chi connectivity index (χ1n) is 12.2. The highest BCUT2D eigenvalue weighted by Gasteiger charge is 2.17. The number of rotatable bonds is 10. The van der Waals surface area contributed by atoms with Crippen molar-refractivity contribution in [2.75, 3.05) is 10.6 Å². The lowest BCUT2D eigenvalue weighted by Crippen LogP contribution is -2.24. The summed E-state index contributed by atoms with van der Waals surface area (Å²) in [7, 11) is -0.700. The van der Waals surface area contributed by atoms with Gasteiger partial charge in [0.25, 0.3) is 0 Å². The van der Waals surface area contributed by atoms with Gasteiger partial charge in [0.15, 0.2) is 17.0 Å². The third kappa shape index (κ3) is 5.62. The average molecular weight is 474 g/mol. The Labute approximate surface area is 203 Å². The Kier molecular flexibility index (Phi) is 7.57. The van der Waals surface area contributed by atoms with E-state index >= 15 is 0 Å². The summed E-state index contributed by atoms with van der Waals surface area (Å²) in [5.41, 5.74) is 4.91. The Balaban J connectivity index is 1.58. The smallest absolute Gasteiger partial charge is 0.226 e. The van der Waals surface area contributed by atoms with Crippen molar-refractivity contribution in [3.63, 3.8) is 0 Å². The van der Waals surface area contributed by atoms with E-state index in [2.05, 4.69) is 83.3 Å². The van der Waals surface area contributed by atoms with Crippen molar-refractivity contribution in [2.45, 2.75) is 65.0 Å². The lowest BCUT2D eigenvalue weighted by Gasteiger charge is -2.19. The minimum atomic E-state index is -0.700. The SMILES string of the molecule is CC[C@H](C[SiH](C)C)Nc1nc(NCc2ccc(-c3ccccn3)cc2)c2ncn(C(C)C)c2n1. The molecule has 4 aromatic rings. The van der Waals surface area contributed by atoms with Gasteiger partial charge in [0, 0.05) is 39.2 Å². The van der Waals surface area contributed by atoms with Crippen molar-refractivity contribution < 1.29 is 0 Å². The quantitative estimate of drug-likeness (QED) is 0.285. The standard InChI is InChI=1S/C26H35N7Si/c1-6-21(16-34(4)5)30-26-31-24(23-25(32-26)33(17-29-23)18(2)3)28-15-19-10-12-20(13-11-19)22-9-7-8-14-27-22/h7-14,17-18,21,34H,6,15-16H2,1-5H3,(H2,28,30,31,32)/t21-/m1/s1. The van der Waals surface area contributed by atoms with Gasteiger partial charge in [0.1, 0.15) is 0 Å². The maximum Gasteiger partial charge on any atom is 0.226 e. The highest BCUT2D eigenvalue weighted by molar-refractivity contribution is 6.55. The Morgan fingerprint density at radius 2 is 1.79 bits per heavy atom. The average Bonchev–Trinajstić information content (AvgIpc) is 3.27. The Bertz CT molecular complexity index is 1200. The van der Waals surface area contributed by atoms with Crippen LogP contribution >= 0.6 is 0 Å². The van der Waals surface area contributed by atoms with Gasteiger partial charge in [0.2, 0.25) is 5.95 Å². The molecule has 1 atom stereocenters. The first-order valence-corrected chi connectivity index (χ1v) is 15.3. The largest absolute Gasteiger partial charge is 0.364 e. The van der Waals surface area contributed by atoms with Gasteiger partial charge in [-0.2, -0.15) is 9.97 Å². The van der Waals surface area contributed by atoms with E-state index in [1.807, 2.05) is 30.7 Å². The van der Waals surface area contributed by atoms with Crippen LogP contribution in [0.3, 0.4) is 0 Å². The zero-order valence-corrected chi connectivity index (χ0v) is 21.9. The molecule has 0 aliphatic rings. The molecular formula is C26H35N7Si. The van der Waals surface area contributed by atoms with Crippen molar-refractivity contribution in [1.82, 2.24) is 24.5 Å². The number of imidazole rings is 1.